The quantitative estimate of drug-likeness (QED) is 0.513. The van der Waals surface area contributed by atoms with Crippen molar-refractivity contribution in [3.05, 3.63) is 46.8 Å². The molecule has 0 bridgehead atoms. The van der Waals surface area contributed by atoms with Crippen LogP contribution in [-0.4, -0.2) is 50.5 Å². The summed E-state index contributed by atoms with van der Waals surface area (Å²) in [5.74, 6) is 0.448. The topological polar surface area (TPSA) is 90.2 Å². The summed E-state index contributed by atoms with van der Waals surface area (Å²) in [6, 6.07) is 10.6. The summed E-state index contributed by atoms with van der Waals surface area (Å²) in [5, 5.41) is 0. The number of fused-ring (bicyclic) bond motifs is 1. The normalized spacial score (nSPS) is 17.8. The van der Waals surface area contributed by atoms with Gasteiger partial charge in [-0.3, -0.25) is 4.79 Å². The van der Waals surface area contributed by atoms with E-state index in [-0.39, 0.29) is 17.3 Å². The summed E-state index contributed by atoms with van der Waals surface area (Å²) in [5.41, 5.74) is 1.90. The number of carbonyl (C=O) groups excluding carboxylic acids is 1. The van der Waals surface area contributed by atoms with E-state index in [2.05, 4.69) is 4.99 Å². The fraction of sp³-hybridized carbons (Fsp3) is 0.417. The lowest BCUT2D eigenvalue weighted by molar-refractivity contribution is -0.122. The van der Waals surface area contributed by atoms with Crippen molar-refractivity contribution in [3.63, 3.8) is 0 Å². The van der Waals surface area contributed by atoms with E-state index >= 15 is 0 Å². The first-order chi connectivity index (χ1) is 16.3. The number of amides is 1. The van der Waals surface area contributed by atoms with Crippen LogP contribution in [0.5, 0.6) is 11.5 Å². The minimum atomic E-state index is -3.66. The molecule has 2 aromatic carbocycles. The van der Waals surface area contributed by atoms with Crippen molar-refractivity contribution in [1.82, 2.24) is 8.87 Å². The Hall–Kier alpha value is -2.69. The summed E-state index contributed by atoms with van der Waals surface area (Å²) < 4.78 is 41.4. The second kappa shape index (κ2) is 9.89. The average Bonchev–Trinajstić information content (AvgIpc) is 3.18. The number of aryl methyl sites for hydroxylation is 2. The number of benzene rings is 2. The van der Waals surface area contributed by atoms with Gasteiger partial charge in [-0.05, 0) is 38.8 Å². The van der Waals surface area contributed by atoms with Crippen LogP contribution in [0.25, 0.3) is 10.2 Å². The highest BCUT2D eigenvalue weighted by Gasteiger charge is 2.33. The maximum atomic E-state index is 13.2. The van der Waals surface area contributed by atoms with Gasteiger partial charge in [0.05, 0.1) is 35.2 Å². The average molecular weight is 504 g/mol. The number of carbonyl (C=O) groups is 1. The van der Waals surface area contributed by atoms with Crippen LogP contribution in [0.2, 0.25) is 0 Å². The third kappa shape index (κ3) is 4.62. The molecule has 10 heteroatoms. The number of hydrogen-bond acceptors (Lipinski definition) is 6. The van der Waals surface area contributed by atoms with Gasteiger partial charge in [0.1, 0.15) is 0 Å². The van der Waals surface area contributed by atoms with Crippen LogP contribution in [-0.2, 0) is 21.4 Å². The molecule has 1 aromatic heterocycles. The van der Waals surface area contributed by atoms with Crippen molar-refractivity contribution in [3.8, 4) is 11.5 Å². The van der Waals surface area contributed by atoms with Crippen LogP contribution >= 0.6 is 11.3 Å². The number of ether oxygens (including phenoxy) is 2. The van der Waals surface area contributed by atoms with Gasteiger partial charge in [0.25, 0.3) is 5.91 Å². The molecule has 1 aliphatic heterocycles. The van der Waals surface area contributed by atoms with Crippen molar-refractivity contribution in [1.29, 1.82) is 0 Å². The molecule has 0 saturated carbocycles. The van der Waals surface area contributed by atoms with E-state index in [9.17, 15) is 13.2 Å². The summed E-state index contributed by atoms with van der Waals surface area (Å²) in [7, 11) is -0.491. The Balaban J connectivity index is 1.64. The molecule has 3 aromatic rings. The van der Waals surface area contributed by atoms with Gasteiger partial charge in [0, 0.05) is 31.8 Å². The smallest absolute Gasteiger partial charge is 0.252 e. The second-order valence-electron chi connectivity index (χ2n) is 8.27. The summed E-state index contributed by atoms with van der Waals surface area (Å²) in [6.45, 7) is 5.06. The number of thiazole rings is 1. The van der Waals surface area contributed by atoms with E-state index in [1.54, 1.807) is 38.5 Å². The zero-order valence-electron chi connectivity index (χ0n) is 19.8. The lowest BCUT2D eigenvalue weighted by Crippen LogP contribution is -2.42. The van der Waals surface area contributed by atoms with Gasteiger partial charge in [-0.2, -0.15) is 9.30 Å². The number of aromatic nitrogens is 1. The van der Waals surface area contributed by atoms with Gasteiger partial charge >= 0.3 is 0 Å². The van der Waals surface area contributed by atoms with Crippen molar-refractivity contribution in [2.45, 2.75) is 38.1 Å². The Bertz CT molecular complexity index is 1370. The molecule has 2 heterocycles. The SMILES string of the molecule is CCn1c(=NC(=O)C2CCCN(S(=O)(=O)c3ccc(C)cc3)C2)sc2cc(OC)c(OC)cc21. The number of sulfonamides is 1. The van der Waals surface area contributed by atoms with E-state index in [1.165, 1.54) is 15.6 Å². The van der Waals surface area contributed by atoms with Crippen molar-refractivity contribution >= 4 is 37.5 Å². The highest BCUT2D eigenvalue weighted by molar-refractivity contribution is 7.89. The molecule has 1 atom stereocenters. The Labute approximate surface area is 203 Å². The molecule has 0 spiro atoms. The summed E-state index contributed by atoms with van der Waals surface area (Å²) in [4.78, 5) is 18.4. The van der Waals surface area contributed by atoms with Gasteiger partial charge in [0.15, 0.2) is 16.3 Å². The van der Waals surface area contributed by atoms with Crippen LogP contribution in [0.1, 0.15) is 25.3 Å². The third-order valence-corrected chi connectivity index (χ3v) is 9.02. The third-order valence-electron chi connectivity index (χ3n) is 6.10. The van der Waals surface area contributed by atoms with Crippen molar-refractivity contribution in [2.75, 3.05) is 27.3 Å². The standard InChI is InChI=1S/C24H29N3O5S2/c1-5-27-19-13-20(31-3)21(32-4)14-22(19)33-24(27)25-23(28)17-7-6-12-26(15-17)34(29,30)18-10-8-16(2)9-11-18/h8-11,13-14,17H,5-7,12,15H2,1-4H3. The molecule has 1 amide bonds. The Kier molecular flexibility index (Phi) is 7.11. The molecule has 34 heavy (non-hydrogen) atoms. The summed E-state index contributed by atoms with van der Waals surface area (Å²) >= 11 is 1.40. The first-order valence-electron chi connectivity index (χ1n) is 11.2. The first-order valence-corrected chi connectivity index (χ1v) is 13.4. The fourth-order valence-electron chi connectivity index (χ4n) is 4.19. The number of piperidine rings is 1. The van der Waals surface area contributed by atoms with Gasteiger partial charge in [-0.1, -0.05) is 29.0 Å². The zero-order chi connectivity index (χ0) is 24.5. The maximum Gasteiger partial charge on any atom is 0.252 e. The van der Waals surface area contributed by atoms with E-state index in [0.717, 1.165) is 15.8 Å². The monoisotopic (exact) mass is 503 g/mol. The summed E-state index contributed by atoms with van der Waals surface area (Å²) in [6.07, 6.45) is 1.23. The van der Waals surface area contributed by atoms with Gasteiger partial charge in [0.2, 0.25) is 10.0 Å². The van der Waals surface area contributed by atoms with Gasteiger partial charge < -0.3 is 14.0 Å². The molecule has 1 fully saturated rings. The zero-order valence-corrected chi connectivity index (χ0v) is 21.4. The Morgan fingerprint density at radius 1 is 1.15 bits per heavy atom. The molecule has 0 N–H and O–H groups in total. The molecule has 4 rings (SSSR count). The number of methoxy groups -OCH3 is 2. The molecule has 1 unspecified atom stereocenters. The first kappa shape index (κ1) is 24.4. The molecule has 182 valence electrons. The van der Waals surface area contributed by atoms with E-state index < -0.39 is 15.9 Å². The molecular weight excluding hydrogens is 474 g/mol. The Morgan fingerprint density at radius 3 is 2.47 bits per heavy atom. The number of nitrogens with zero attached hydrogens (tertiary/aromatic N) is 3. The Morgan fingerprint density at radius 2 is 1.82 bits per heavy atom. The predicted molar refractivity (Wildman–Crippen MR) is 132 cm³/mol. The second-order valence-corrected chi connectivity index (χ2v) is 11.2. The minimum Gasteiger partial charge on any atom is -0.493 e. The highest BCUT2D eigenvalue weighted by atomic mass is 32.2. The highest BCUT2D eigenvalue weighted by Crippen LogP contribution is 2.33. The van der Waals surface area contributed by atoms with Crippen LogP contribution in [0.3, 0.4) is 0 Å². The van der Waals surface area contributed by atoms with Crippen LogP contribution in [0.4, 0.5) is 0 Å². The van der Waals surface area contributed by atoms with Crippen LogP contribution in [0, 0.1) is 12.8 Å². The molecule has 0 radical (unpaired) electrons. The number of hydrogen-bond donors (Lipinski definition) is 0. The van der Waals surface area contributed by atoms with Crippen molar-refractivity contribution < 1.29 is 22.7 Å². The van der Waals surface area contributed by atoms with Crippen molar-refractivity contribution in [2.24, 2.45) is 10.9 Å². The van der Waals surface area contributed by atoms with Crippen LogP contribution in [0.15, 0.2) is 46.3 Å². The molecule has 1 saturated heterocycles. The van der Waals surface area contributed by atoms with E-state index in [0.29, 0.717) is 42.2 Å². The van der Waals surface area contributed by atoms with E-state index in [1.807, 2.05) is 30.5 Å². The van der Waals surface area contributed by atoms with E-state index in [4.69, 9.17) is 9.47 Å². The molecule has 0 aliphatic carbocycles. The lowest BCUT2D eigenvalue weighted by Gasteiger charge is -2.30. The molecule has 8 nitrogen and oxygen atoms in total. The maximum absolute atomic E-state index is 13.2. The minimum absolute atomic E-state index is 0.136. The fourth-order valence-corrected chi connectivity index (χ4v) is 6.83. The largest absolute Gasteiger partial charge is 0.493 e. The molecular formula is C24H29N3O5S2. The predicted octanol–water partition coefficient (Wildman–Crippen LogP) is 3.58. The molecule has 1 aliphatic rings. The number of rotatable bonds is 6. The van der Waals surface area contributed by atoms with Gasteiger partial charge in [-0.15, -0.1) is 0 Å². The van der Waals surface area contributed by atoms with Crippen LogP contribution < -0.4 is 14.3 Å². The lowest BCUT2D eigenvalue weighted by atomic mass is 9.99. The van der Waals surface area contributed by atoms with Gasteiger partial charge in [-0.25, -0.2) is 8.42 Å².